The zero-order chi connectivity index (χ0) is 22.5. The Morgan fingerprint density at radius 1 is 0.967 bits per heavy atom. The standard InChI is InChI=1S/C25H34N2O3/c1-7-24(3,4)17-13-14-21(19(15-17)25(5,6)8-2)30-16-22(28)27-20-12-10-9-11-18(20)23(26)29/h9-15H,7-8,16H2,1-6H3,(H2,26,29)(H,27,28). The van der Waals surface area contributed by atoms with Gasteiger partial charge < -0.3 is 15.8 Å². The van der Waals surface area contributed by atoms with Crippen molar-refractivity contribution >= 4 is 17.5 Å². The third kappa shape index (κ3) is 5.41. The quantitative estimate of drug-likeness (QED) is 0.598. The topological polar surface area (TPSA) is 81.4 Å². The van der Waals surface area contributed by atoms with Crippen LogP contribution in [0.25, 0.3) is 0 Å². The van der Waals surface area contributed by atoms with Crippen molar-refractivity contribution in [1.29, 1.82) is 0 Å². The lowest BCUT2D eigenvalue weighted by Crippen LogP contribution is -2.25. The Morgan fingerprint density at radius 2 is 1.60 bits per heavy atom. The first kappa shape index (κ1) is 23.5. The van der Waals surface area contributed by atoms with E-state index in [9.17, 15) is 9.59 Å². The maximum Gasteiger partial charge on any atom is 0.262 e. The lowest BCUT2D eigenvalue weighted by molar-refractivity contribution is -0.118. The van der Waals surface area contributed by atoms with E-state index in [-0.39, 0.29) is 28.9 Å². The number of carbonyl (C=O) groups is 2. The van der Waals surface area contributed by atoms with Crippen molar-refractivity contribution in [3.63, 3.8) is 0 Å². The molecule has 0 radical (unpaired) electrons. The minimum atomic E-state index is -0.590. The molecule has 5 nitrogen and oxygen atoms in total. The van der Waals surface area contributed by atoms with Gasteiger partial charge in [-0.1, -0.05) is 65.8 Å². The molecule has 0 unspecified atom stereocenters. The number of rotatable bonds is 9. The first-order valence-corrected chi connectivity index (χ1v) is 10.5. The smallest absolute Gasteiger partial charge is 0.262 e. The van der Waals surface area contributed by atoms with Gasteiger partial charge in [0.15, 0.2) is 6.61 Å². The highest BCUT2D eigenvalue weighted by atomic mass is 16.5. The Kier molecular flexibility index (Phi) is 7.30. The molecule has 0 heterocycles. The molecule has 0 bridgehead atoms. The van der Waals surface area contributed by atoms with Gasteiger partial charge in [0.1, 0.15) is 5.75 Å². The Balaban J connectivity index is 2.24. The van der Waals surface area contributed by atoms with Gasteiger partial charge in [-0.2, -0.15) is 0 Å². The molecule has 3 N–H and O–H groups in total. The summed E-state index contributed by atoms with van der Waals surface area (Å²) in [5, 5.41) is 2.71. The lowest BCUT2D eigenvalue weighted by atomic mass is 9.76. The van der Waals surface area contributed by atoms with Crippen molar-refractivity contribution in [3.8, 4) is 5.75 Å². The molecule has 2 amide bonds. The van der Waals surface area contributed by atoms with Crippen LogP contribution in [0.3, 0.4) is 0 Å². The molecule has 2 aromatic carbocycles. The summed E-state index contributed by atoms with van der Waals surface area (Å²) < 4.78 is 5.93. The SMILES string of the molecule is CCC(C)(C)c1ccc(OCC(=O)Nc2ccccc2C(N)=O)c(C(C)(C)CC)c1. The van der Waals surface area contributed by atoms with Crippen molar-refractivity contribution in [2.45, 2.75) is 65.2 Å². The molecule has 162 valence electrons. The van der Waals surface area contributed by atoms with E-state index in [1.54, 1.807) is 24.3 Å². The predicted molar refractivity (Wildman–Crippen MR) is 122 cm³/mol. The number of nitrogens with one attached hydrogen (secondary N) is 1. The number of para-hydroxylation sites is 1. The largest absolute Gasteiger partial charge is 0.483 e. The van der Waals surface area contributed by atoms with Crippen LogP contribution in [0.5, 0.6) is 5.75 Å². The molecule has 5 heteroatoms. The minimum Gasteiger partial charge on any atom is -0.483 e. The summed E-state index contributed by atoms with van der Waals surface area (Å²) in [7, 11) is 0. The van der Waals surface area contributed by atoms with E-state index < -0.39 is 5.91 Å². The fourth-order valence-electron chi connectivity index (χ4n) is 3.14. The summed E-state index contributed by atoms with van der Waals surface area (Å²) in [5.41, 5.74) is 8.35. The van der Waals surface area contributed by atoms with E-state index in [2.05, 4.69) is 59.0 Å². The Bertz CT molecular complexity index is 916. The lowest BCUT2D eigenvalue weighted by Gasteiger charge is -2.30. The van der Waals surface area contributed by atoms with E-state index in [4.69, 9.17) is 10.5 Å². The van der Waals surface area contributed by atoms with Crippen LogP contribution in [-0.2, 0) is 15.6 Å². The second kappa shape index (κ2) is 9.33. The second-order valence-corrected chi connectivity index (χ2v) is 8.93. The van der Waals surface area contributed by atoms with Crippen molar-refractivity contribution in [2.24, 2.45) is 5.73 Å². The van der Waals surface area contributed by atoms with Crippen LogP contribution >= 0.6 is 0 Å². The van der Waals surface area contributed by atoms with E-state index in [1.807, 2.05) is 6.07 Å². The minimum absolute atomic E-state index is 0.0624. The fraction of sp³-hybridized carbons (Fsp3) is 0.440. The molecular formula is C25H34N2O3. The van der Waals surface area contributed by atoms with Crippen molar-refractivity contribution in [2.75, 3.05) is 11.9 Å². The van der Waals surface area contributed by atoms with E-state index >= 15 is 0 Å². The zero-order valence-corrected chi connectivity index (χ0v) is 19.0. The summed E-state index contributed by atoms with van der Waals surface area (Å²) in [6.07, 6.45) is 1.97. The molecule has 0 saturated carbocycles. The number of hydrogen-bond donors (Lipinski definition) is 2. The van der Waals surface area contributed by atoms with Crippen molar-refractivity contribution < 1.29 is 14.3 Å². The summed E-state index contributed by atoms with van der Waals surface area (Å²) in [4.78, 5) is 24.0. The summed E-state index contributed by atoms with van der Waals surface area (Å²) >= 11 is 0. The molecule has 0 saturated heterocycles. The van der Waals surface area contributed by atoms with Crippen LogP contribution in [0, 0.1) is 0 Å². The van der Waals surface area contributed by atoms with E-state index in [0.717, 1.165) is 18.4 Å². The van der Waals surface area contributed by atoms with Gasteiger partial charge in [0.05, 0.1) is 11.3 Å². The highest BCUT2D eigenvalue weighted by molar-refractivity contribution is 6.03. The van der Waals surface area contributed by atoms with Crippen LogP contribution in [0.2, 0.25) is 0 Å². The third-order valence-electron chi connectivity index (χ3n) is 6.08. The first-order valence-electron chi connectivity index (χ1n) is 10.5. The number of hydrogen-bond acceptors (Lipinski definition) is 3. The van der Waals surface area contributed by atoms with Gasteiger partial charge in [-0.25, -0.2) is 0 Å². The monoisotopic (exact) mass is 410 g/mol. The number of benzene rings is 2. The molecule has 0 fully saturated rings. The Hall–Kier alpha value is -2.82. The van der Waals surface area contributed by atoms with Crippen LogP contribution in [0.1, 0.15) is 75.9 Å². The fourth-order valence-corrected chi connectivity index (χ4v) is 3.14. The molecule has 0 aromatic heterocycles. The number of amides is 2. The maximum absolute atomic E-state index is 12.5. The van der Waals surface area contributed by atoms with Gasteiger partial charge in [-0.05, 0) is 47.4 Å². The van der Waals surface area contributed by atoms with Gasteiger partial charge in [-0.3, -0.25) is 9.59 Å². The zero-order valence-electron chi connectivity index (χ0n) is 19.0. The highest BCUT2D eigenvalue weighted by Crippen LogP contribution is 2.38. The number of primary amides is 1. The number of anilines is 1. The first-order chi connectivity index (χ1) is 14.0. The molecule has 30 heavy (non-hydrogen) atoms. The average molecular weight is 411 g/mol. The van der Waals surface area contributed by atoms with Crippen LogP contribution in [0.15, 0.2) is 42.5 Å². The van der Waals surface area contributed by atoms with E-state index in [1.165, 1.54) is 5.56 Å². The van der Waals surface area contributed by atoms with Crippen molar-refractivity contribution in [1.82, 2.24) is 0 Å². The molecular weight excluding hydrogens is 376 g/mol. The van der Waals surface area contributed by atoms with Crippen LogP contribution < -0.4 is 15.8 Å². The van der Waals surface area contributed by atoms with Gasteiger partial charge in [0.25, 0.3) is 11.8 Å². The van der Waals surface area contributed by atoms with Gasteiger partial charge >= 0.3 is 0 Å². The molecule has 0 aliphatic heterocycles. The maximum atomic E-state index is 12.5. The normalized spacial score (nSPS) is 11.8. The molecule has 0 spiro atoms. The average Bonchev–Trinajstić information content (AvgIpc) is 2.72. The number of ether oxygens (including phenoxy) is 1. The van der Waals surface area contributed by atoms with Crippen molar-refractivity contribution in [3.05, 3.63) is 59.2 Å². The van der Waals surface area contributed by atoms with Gasteiger partial charge in [0, 0.05) is 5.56 Å². The van der Waals surface area contributed by atoms with E-state index in [0.29, 0.717) is 11.4 Å². The Morgan fingerprint density at radius 3 is 2.20 bits per heavy atom. The highest BCUT2D eigenvalue weighted by Gasteiger charge is 2.27. The van der Waals surface area contributed by atoms with Crippen LogP contribution in [-0.4, -0.2) is 18.4 Å². The summed E-state index contributed by atoms with van der Waals surface area (Å²) in [5.74, 6) is -0.231. The van der Waals surface area contributed by atoms with Gasteiger partial charge in [-0.15, -0.1) is 0 Å². The third-order valence-corrected chi connectivity index (χ3v) is 6.08. The molecule has 2 aromatic rings. The molecule has 0 atom stereocenters. The molecule has 0 aliphatic carbocycles. The summed E-state index contributed by atoms with van der Waals surface area (Å²) in [6, 6.07) is 12.9. The van der Waals surface area contributed by atoms with Crippen LogP contribution in [0.4, 0.5) is 5.69 Å². The number of carbonyl (C=O) groups excluding carboxylic acids is 2. The Labute approximate surface area is 180 Å². The second-order valence-electron chi connectivity index (χ2n) is 8.93. The summed E-state index contributed by atoms with van der Waals surface area (Å²) in [6.45, 7) is 13.0. The number of nitrogens with two attached hydrogens (primary N) is 1. The van der Waals surface area contributed by atoms with Gasteiger partial charge in [0.2, 0.25) is 0 Å². The molecule has 0 aliphatic rings. The molecule has 2 rings (SSSR count). The predicted octanol–water partition coefficient (Wildman–Crippen LogP) is 5.18.